The van der Waals surface area contributed by atoms with Crippen molar-refractivity contribution in [3.8, 4) is 0 Å². The van der Waals surface area contributed by atoms with E-state index < -0.39 is 11.7 Å². The van der Waals surface area contributed by atoms with Gasteiger partial charge < -0.3 is 4.90 Å². The summed E-state index contributed by atoms with van der Waals surface area (Å²) in [5.74, 6) is 0.501. The molecule has 1 saturated heterocycles. The minimum atomic E-state index is -4.34. The minimum Gasteiger partial charge on any atom is -0.345 e. The number of aryl methyl sites for hydroxylation is 1. The van der Waals surface area contributed by atoms with Gasteiger partial charge in [-0.3, -0.25) is 4.90 Å². The zero-order valence-electron chi connectivity index (χ0n) is 17.7. The van der Waals surface area contributed by atoms with Crippen LogP contribution in [0.3, 0.4) is 0 Å². The molecule has 0 spiro atoms. The second-order valence-electron chi connectivity index (χ2n) is 8.41. The largest absolute Gasteiger partial charge is 0.416 e. The molecule has 3 aromatic rings. The van der Waals surface area contributed by atoms with Crippen LogP contribution >= 0.6 is 22.9 Å². The van der Waals surface area contributed by atoms with Gasteiger partial charge in [0.1, 0.15) is 0 Å². The Labute approximate surface area is 189 Å². The third-order valence-corrected chi connectivity index (χ3v) is 7.18. The lowest BCUT2D eigenvalue weighted by molar-refractivity contribution is -0.137. The maximum atomic E-state index is 13.0. The zero-order valence-corrected chi connectivity index (χ0v) is 19.3. The van der Waals surface area contributed by atoms with Crippen molar-refractivity contribution in [3.63, 3.8) is 0 Å². The van der Waals surface area contributed by atoms with Crippen LogP contribution in [0, 0.1) is 6.92 Å². The summed E-state index contributed by atoms with van der Waals surface area (Å²) in [5.41, 5.74) is 3.57. The lowest BCUT2D eigenvalue weighted by Gasteiger charge is -2.44. The Morgan fingerprint density at radius 1 is 1.06 bits per heavy atom. The van der Waals surface area contributed by atoms with Crippen molar-refractivity contribution < 1.29 is 13.2 Å². The molecule has 0 aliphatic carbocycles. The predicted molar refractivity (Wildman–Crippen MR) is 122 cm³/mol. The quantitative estimate of drug-likeness (QED) is 0.410. The SMILES string of the molecule is Cc1cc(CCl)cc(CN2C(C)CN(c3nc4ccc(C(F)(F)F)cc4s3)CC2C)c1. The average Bonchev–Trinajstić information content (AvgIpc) is 3.13. The molecule has 1 aliphatic heterocycles. The molecule has 4 rings (SSSR count). The third-order valence-electron chi connectivity index (χ3n) is 5.79. The van der Waals surface area contributed by atoms with Crippen LogP contribution in [0.15, 0.2) is 36.4 Å². The van der Waals surface area contributed by atoms with Crippen LogP contribution in [0.25, 0.3) is 10.2 Å². The minimum absolute atomic E-state index is 0.279. The van der Waals surface area contributed by atoms with E-state index in [1.165, 1.54) is 34.6 Å². The number of benzene rings is 2. The van der Waals surface area contributed by atoms with Crippen LogP contribution in [0.1, 0.15) is 36.1 Å². The second-order valence-corrected chi connectivity index (χ2v) is 9.69. The van der Waals surface area contributed by atoms with E-state index in [1.807, 2.05) is 0 Å². The fourth-order valence-electron chi connectivity index (χ4n) is 4.38. The number of nitrogens with zero attached hydrogens (tertiary/aromatic N) is 3. The van der Waals surface area contributed by atoms with E-state index in [-0.39, 0.29) is 12.1 Å². The summed E-state index contributed by atoms with van der Waals surface area (Å²) in [7, 11) is 0. The number of alkyl halides is 4. The summed E-state index contributed by atoms with van der Waals surface area (Å²) in [5, 5.41) is 0.785. The first-order valence-corrected chi connectivity index (χ1v) is 11.6. The van der Waals surface area contributed by atoms with Crippen molar-refractivity contribution in [1.29, 1.82) is 0 Å². The maximum Gasteiger partial charge on any atom is 0.416 e. The number of halogens is 4. The fourth-order valence-corrected chi connectivity index (χ4v) is 5.55. The zero-order chi connectivity index (χ0) is 22.3. The van der Waals surface area contributed by atoms with E-state index in [2.05, 4.69) is 53.8 Å². The number of hydrogen-bond donors (Lipinski definition) is 0. The van der Waals surface area contributed by atoms with Crippen molar-refractivity contribution in [2.45, 2.75) is 51.5 Å². The molecule has 2 aromatic carbocycles. The van der Waals surface area contributed by atoms with E-state index in [4.69, 9.17) is 11.6 Å². The number of thiazole rings is 1. The fraction of sp³-hybridized carbons (Fsp3) is 0.435. The highest BCUT2D eigenvalue weighted by Gasteiger charge is 2.33. The van der Waals surface area contributed by atoms with Crippen LogP contribution in [0.2, 0.25) is 0 Å². The van der Waals surface area contributed by atoms with Gasteiger partial charge in [0.15, 0.2) is 5.13 Å². The van der Waals surface area contributed by atoms with Gasteiger partial charge in [-0.05, 0) is 50.1 Å². The van der Waals surface area contributed by atoms with Gasteiger partial charge in [0.25, 0.3) is 0 Å². The van der Waals surface area contributed by atoms with E-state index in [0.29, 0.717) is 16.1 Å². The third kappa shape index (κ3) is 4.83. The number of hydrogen-bond acceptors (Lipinski definition) is 4. The first kappa shape index (κ1) is 22.4. The van der Waals surface area contributed by atoms with Gasteiger partial charge in [0.05, 0.1) is 15.8 Å². The Morgan fingerprint density at radius 2 is 1.74 bits per heavy atom. The van der Waals surface area contributed by atoms with Crippen LogP contribution < -0.4 is 4.90 Å². The Bertz CT molecular complexity index is 1070. The molecule has 2 atom stereocenters. The number of piperazine rings is 1. The molecule has 1 aromatic heterocycles. The molecule has 0 saturated carbocycles. The molecule has 2 heterocycles. The highest BCUT2D eigenvalue weighted by Crippen LogP contribution is 2.36. The predicted octanol–water partition coefficient (Wildman–Crippen LogP) is 6.46. The van der Waals surface area contributed by atoms with E-state index in [9.17, 15) is 13.2 Å². The molecule has 0 bridgehead atoms. The number of rotatable bonds is 4. The summed E-state index contributed by atoms with van der Waals surface area (Å²) in [6.07, 6.45) is -4.34. The summed E-state index contributed by atoms with van der Waals surface area (Å²) >= 11 is 7.37. The van der Waals surface area contributed by atoms with E-state index in [0.717, 1.165) is 36.4 Å². The normalized spacial score (nSPS) is 20.5. The molecule has 0 N–H and O–H groups in total. The number of aromatic nitrogens is 1. The highest BCUT2D eigenvalue weighted by atomic mass is 35.5. The summed E-state index contributed by atoms with van der Waals surface area (Å²) in [4.78, 5) is 9.28. The van der Waals surface area contributed by atoms with Gasteiger partial charge in [-0.1, -0.05) is 35.1 Å². The number of fused-ring (bicyclic) bond motifs is 1. The Balaban J connectivity index is 1.52. The van der Waals surface area contributed by atoms with E-state index in [1.54, 1.807) is 0 Å². The Morgan fingerprint density at radius 3 is 2.39 bits per heavy atom. The lowest BCUT2D eigenvalue weighted by Crippen LogP contribution is -2.56. The Kier molecular flexibility index (Phi) is 6.21. The average molecular weight is 468 g/mol. The molecule has 166 valence electrons. The molecule has 8 heteroatoms. The smallest absolute Gasteiger partial charge is 0.345 e. The van der Waals surface area contributed by atoms with Crippen LogP contribution in [-0.4, -0.2) is 35.1 Å². The van der Waals surface area contributed by atoms with Crippen molar-refractivity contribution in [3.05, 3.63) is 58.7 Å². The molecule has 31 heavy (non-hydrogen) atoms. The highest BCUT2D eigenvalue weighted by molar-refractivity contribution is 7.22. The van der Waals surface area contributed by atoms with Gasteiger partial charge in [0.2, 0.25) is 0 Å². The van der Waals surface area contributed by atoms with Gasteiger partial charge >= 0.3 is 6.18 Å². The summed E-state index contributed by atoms with van der Waals surface area (Å²) in [6, 6.07) is 10.8. The standard InChI is InChI=1S/C23H25ClF3N3S/c1-14-6-17(10-24)8-18(7-14)13-30-15(2)11-29(12-16(30)3)22-28-20-5-4-19(23(25,26)27)9-21(20)31-22/h4-9,15-16H,10-13H2,1-3H3. The summed E-state index contributed by atoms with van der Waals surface area (Å²) < 4.78 is 39.7. The first-order chi connectivity index (χ1) is 14.6. The second kappa shape index (κ2) is 8.60. The van der Waals surface area contributed by atoms with Crippen LogP contribution in [-0.2, 0) is 18.6 Å². The molecule has 0 amide bonds. The van der Waals surface area contributed by atoms with Gasteiger partial charge in [-0.25, -0.2) is 4.98 Å². The summed E-state index contributed by atoms with van der Waals surface area (Å²) in [6.45, 7) is 8.87. The molecule has 3 nitrogen and oxygen atoms in total. The Hall–Kier alpha value is -1.83. The van der Waals surface area contributed by atoms with Gasteiger partial charge in [-0.2, -0.15) is 13.2 Å². The van der Waals surface area contributed by atoms with Crippen molar-refractivity contribution in [1.82, 2.24) is 9.88 Å². The van der Waals surface area contributed by atoms with Gasteiger partial charge in [0, 0.05) is 37.6 Å². The van der Waals surface area contributed by atoms with Crippen molar-refractivity contribution in [2.24, 2.45) is 0 Å². The van der Waals surface area contributed by atoms with E-state index >= 15 is 0 Å². The van der Waals surface area contributed by atoms with Crippen molar-refractivity contribution in [2.75, 3.05) is 18.0 Å². The molecule has 0 radical (unpaired) electrons. The first-order valence-electron chi connectivity index (χ1n) is 10.3. The molecule has 1 fully saturated rings. The molecular weight excluding hydrogens is 443 g/mol. The topological polar surface area (TPSA) is 19.4 Å². The molecular formula is C23H25ClF3N3S. The molecule has 1 aliphatic rings. The maximum absolute atomic E-state index is 13.0. The number of anilines is 1. The lowest BCUT2D eigenvalue weighted by atomic mass is 10.0. The van der Waals surface area contributed by atoms with Crippen LogP contribution in [0.5, 0.6) is 0 Å². The van der Waals surface area contributed by atoms with Crippen LogP contribution in [0.4, 0.5) is 18.3 Å². The van der Waals surface area contributed by atoms with Crippen molar-refractivity contribution >= 4 is 38.3 Å². The monoisotopic (exact) mass is 467 g/mol. The molecule has 2 unspecified atom stereocenters. The van der Waals surface area contributed by atoms with Gasteiger partial charge in [-0.15, -0.1) is 11.6 Å².